The first-order valence-electron chi connectivity index (χ1n) is 6.71. The van der Waals surface area contributed by atoms with Crippen molar-refractivity contribution in [1.29, 1.82) is 0 Å². The van der Waals surface area contributed by atoms with E-state index in [2.05, 4.69) is 19.2 Å². The highest BCUT2D eigenvalue weighted by molar-refractivity contribution is 5.42. The summed E-state index contributed by atoms with van der Waals surface area (Å²) in [6.45, 7) is 5.47. The molecule has 1 unspecified atom stereocenters. The molecule has 0 aromatic heterocycles. The number of hydrogen-bond acceptors (Lipinski definition) is 1. The number of nitrogens with one attached hydrogen (secondary N) is 1. The Hall–Kier alpha value is -1.05. The molecule has 0 heterocycles. The van der Waals surface area contributed by atoms with E-state index in [1.54, 1.807) is 12.1 Å². The van der Waals surface area contributed by atoms with Crippen LogP contribution in [0.5, 0.6) is 0 Å². The van der Waals surface area contributed by atoms with E-state index in [0.717, 1.165) is 12.2 Å². The van der Waals surface area contributed by atoms with Crippen LogP contribution in [0.25, 0.3) is 0 Å². The Balaban J connectivity index is 2.14. The third-order valence-corrected chi connectivity index (χ3v) is 3.05. The van der Waals surface area contributed by atoms with Crippen molar-refractivity contribution < 1.29 is 4.39 Å². The van der Waals surface area contributed by atoms with Crippen molar-refractivity contribution in [3.05, 3.63) is 30.1 Å². The third-order valence-electron chi connectivity index (χ3n) is 3.05. The van der Waals surface area contributed by atoms with Crippen molar-refractivity contribution in [2.24, 2.45) is 5.92 Å². The molecule has 1 atom stereocenters. The smallest absolute Gasteiger partial charge is 0.123 e. The lowest BCUT2D eigenvalue weighted by Crippen LogP contribution is -2.11. The molecule has 1 aromatic rings. The molecule has 1 rings (SSSR count). The van der Waals surface area contributed by atoms with E-state index < -0.39 is 0 Å². The summed E-state index contributed by atoms with van der Waals surface area (Å²) in [5.41, 5.74) is 1.01. The van der Waals surface area contributed by atoms with E-state index in [1.807, 2.05) is 0 Å². The zero-order chi connectivity index (χ0) is 12.5. The number of anilines is 1. The molecule has 0 aliphatic heterocycles. The molecule has 0 spiro atoms. The maximum Gasteiger partial charge on any atom is 0.123 e. The molecule has 0 saturated carbocycles. The normalized spacial score (nSPS) is 12.4. The number of halogens is 1. The Morgan fingerprint density at radius 3 is 2.47 bits per heavy atom. The molecule has 1 nitrogen and oxygen atoms in total. The van der Waals surface area contributed by atoms with Gasteiger partial charge in [-0.05, 0) is 36.6 Å². The van der Waals surface area contributed by atoms with Gasteiger partial charge in [0, 0.05) is 12.2 Å². The lowest BCUT2D eigenvalue weighted by molar-refractivity contribution is 0.508. The number of hydrogen-bond donors (Lipinski definition) is 1. The van der Waals surface area contributed by atoms with Gasteiger partial charge in [-0.15, -0.1) is 0 Å². The lowest BCUT2D eigenvalue weighted by atomic mass is 10.0. The van der Waals surface area contributed by atoms with Gasteiger partial charge in [-0.25, -0.2) is 4.39 Å². The molecular weight excluding hydrogens is 213 g/mol. The van der Waals surface area contributed by atoms with Gasteiger partial charge in [0.25, 0.3) is 0 Å². The number of benzene rings is 1. The second kappa shape index (κ2) is 8.10. The number of rotatable bonds is 8. The van der Waals surface area contributed by atoms with Crippen LogP contribution in [0.2, 0.25) is 0 Å². The average Bonchev–Trinajstić information content (AvgIpc) is 2.34. The fourth-order valence-corrected chi connectivity index (χ4v) is 1.88. The monoisotopic (exact) mass is 237 g/mol. The first-order chi connectivity index (χ1) is 8.22. The van der Waals surface area contributed by atoms with E-state index in [0.29, 0.717) is 5.92 Å². The summed E-state index contributed by atoms with van der Waals surface area (Å²) < 4.78 is 12.7. The van der Waals surface area contributed by atoms with E-state index in [1.165, 1.54) is 44.2 Å². The van der Waals surface area contributed by atoms with Crippen molar-refractivity contribution in [3.8, 4) is 0 Å². The van der Waals surface area contributed by atoms with Crippen molar-refractivity contribution in [3.63, 3.8) is 0 Å². The van der Waals surface area contributed by atoms with Gasteiger partial charge in [-0.1, -0.05) is 39.5 Å². The minimum Gasteiger partial charge on any atom is -0.385 e. The molecule has 0 amide bonds. The van der Waals surface area contributed by atoms with Crippen LogP contribution in [-0.2, 0) is 0 Å². The molecular formula is C15H24FN. The van der Waals surface area contributed by atoms with Gasteiger partial charge >= 0.3 is 0 Å². The minimum atomic E-state index is -0.178. The Labute approximate surface area is 104 Å². The molecule has 0 radical (unpaired) electrons. The SMILES string of the molecule is CCCCCCC(C)CNc1ccc(F)cc1. The highest BCUT2D eigenvalue weighted by atomic mass is 19.1. The minimum absolute atomic E-state index is 0.178. The van der Waals surface area contributed by atoms with Crippen LogP contribution >= 0.6 is 0 Å². The molecule has 0 fully saturated rings. The standard InChI is InChI=1S/C15H24FN/c1-3-4-5-6-7-13(2)12-17-15-10-8-14(16)9-11-15/h8-11,13,17H,3-7,12H2,1-2H3. The summed E-state index contributed by atoms with van der Waals surface area (Å²) in [6, 6.07) is 6.57. The van der Waals surface area contributed by atoms with Crippen LogP contribution in [0.4, 0.5) is 10.1 Å². The van der Waals surface area contributed by atoms with Crippen molar-refractivity contribution >= 4 is 5.69 Å². The summed E-state index contributed by atoms with van der Waals surface area (Å²) in [7, 11) is 0. The predicted molar refractivity (Wildman–Crippen MR) is 72.8 cm³/mol. The second-order valence-corrected chi connectivity index (χ2v) is 4.84. The third kappa shape index (κ3) is 6.30. The van der Waals surface area contributed by atoms with E-state index in [-0.39, 0.29) is 5.82 Å². The quantitative estimate of drug-likeness (QED) is 0.638. The van der Waals surface area contributed by atoms with E-state index >= 15 is 0 Å². The van der Waals surface area contributed by atoms with Gasteiger partial charge < -0.3 is 5.32 Å². The van der Waals surface area contributed by atoms with Gasteiger partial charge in [0.15, 0.2) is 0 Å². The molecule has 1 aromatic carbocycles. The van der Waals surface area contributed by atoms with Gasteiger partial charge in [0.2, 0.25) is 0 Å². The molecule has 0 aliphatic carbocycles. The second-order valence-electron chi connectivity index (χ2n) is 4.84. The molecule has 17 heavy (non-hydrogen) atoms. The summed E-state index contributed by atoms with van der Waals surface area (Å²) >= 11 is 0. The van der Waals surface area contributed by atoms with Crippen LogP contribution in [0.3, 0.4) is 0 Å². The maximum absolute atomic E-state index is 12.7. The molecule has 1 N–H and O–H groups in total. The highest BCUT2D eigenvalue weighted by Gasteiger charge is 2.01. The zero-order valence-electron chi connectivity index (χ0n) is 11.0. The molecule has 96 valence electrons. The van der Waals surface area contributed by atoms with E-state index in [9.17, 15) is 4.39 Å². The Morgan fingerprint density at radius 1 is 1.12 bits per heavy atom. The summed E-state index contributed by atoms with van der Waals surface area (Å²) in [5, 5.41) is 3.35. The zero-order valence-corrected chi connectivity index (χ0v) is 11.0. The first kappa shape index (κ1) is 14.0. The van der Waals surface area contributed by atoms with Crippen LogP contribution in [0.15, 0.2) is 24.3 Å². The summed E-state index contributed by atoms with van der Waals surface area (Å²) in [4.78, 5) is 0. The number of unbranched alkanes of at least 4 members (excludes halogenated alkanes) is 3. The van der Waals surface area contributed by atoms with Crippen LogP contribution < -0.4 is 5.32 Å². The van der Waals surface area contributed by atoms with Crippen molar-refractivity contribution in [2.75, 3.05) is 11.9 Å². The van der Waals surface area contributed by atoms with Crippen LogP contribution in [-0.4, -0.2) is 6.54 Å². The van der Waals surface area contributed by atoms with Crippen molar-refractivity contribution in [2.45, 2.75) is 46.0 Å². The lowest BCUT2D eigenvalue weighted by Gasteiger charge is -2.13. The average molecular weight is 237 g/mol. The summed E-state index contributed by atoms with van der Waals surface area (Å²) in [6.07, 6.45) is 6.58. The largest absolute Gasteiger partial charge is 0.385 e. The Kier molecular flexibility index (Phi) is 6.68. The fraction of sp³-hybridized carbons (Fsp3) is 0.600. The Bertz CT molecular complexity index is 294. The van der Waals surface area contributed by atoms with Crippen LogP contribution in [0, 0.1) is 11.7 Å². The van der Waals surface area contributed by atoms with Gasteiger partial charge in [-0.3, -0.25) is 0 Å². The molecule has 2 heteroatoms. The molecule has 0 bridgehead atoms. The topological polar surface area (TPSA) is 12.0 Å². The first-order valence-corrected chi connectivity index (χ1v) is 6.71. The predicted octanol–water partition coefficient (Wildman–Crippen LogP) is 4.84. The molecule has 0 saturated heterocycles. The highest BCUT2D eigenvalue weighted by Crippen LogP contribution is 2.13. The van der Waals surface area contributed by atoms with Crippen molar-refractivity contribution in [1.82, 2.24) is 0 Å². The Morgan fingerprint density at radius 2 is 1.82 bits per heavy atom. The van der Waals surface area contributed by atoms with Gasteiger partial charge in [-0.2, -0.15) is 0 Å². The summed E-state index contributed by atoms with van der Waals surface area (Å²) in [5.74, 6) is 0.500. The maximum atomic E-state index is 12.7. The molecule has 0 aliphatic rings. The van der Waals surface area contributed by atoms with Gasteiger partial charge in [0.05, 0.1) is 0 Å². The van der Waals surface area contributed by atoms with Gasteiger partial charge in [0.1, 0.15) is 5.82 Å². The van der Waals surface area contributed by atoms with E-state index in [4.69, 9.17) is 0 Å². The van der Waals surface area contributed by atoms with Crippen LogP contribution in [0.1, 0.15) is 46.0 Å². The fourth-order valence-electron chi connectivity index (χ4n) is 1.88.